The maximum Gasteiger partial charge on any atom is 0.243 e. The third-order valence-electron chi connectivity index (χ3n) is 3.80. The first-order valence-electron chi connectivity index (χ1n) is 7.81. The van der Waals surface area contributed by atoms with Crippen molar-refractivity contribution < 1.29 is 22.3 Å². The van der Waals surface area contributed by atoms with Crippen LogP contribution in [-0.2, 0) is 21.4 Å². The molecule has 8 heteroatoms. The molecule has 2 aromatic rings. The number of para-hydroxylation sites is 1. The number of hydrogen-bond donors (Lipinski definition) is 0. The topological polar surface area (TPSA) is 66.9 Å². The minimum absolute atomic E-state index is 0.103. The van der Waals surface area contributed by atoms with Crippen molar-refractivity contribution in [2.75, 3.05) is 31.3 Å². The minimum Gasteiger partial charge on any atom is -0.496 e. The van der Waals surface area contributed by atoms with Crippen molar-refractivity contribution in [2.45, 2.75) is 6.54 Å². The van der Waals surface area contributed by atoms with Gasteiger partial charge >= 0.3 is 0 Å². The van der Waals surface area contributed by atoms with E-state index < -0.39 is 28.3 Å². The van der Waals surface area contributed by atoms with Gasteiger partial charge in [0.2, 0.25) is 15.9 Å². The number of ether oxygens (including phenoxy) is 1. The Morgan fingerprint density at radius 3 is 2.46 bits per heavy atom. The fourth-order valence-electron chi connectivity index (χ4n) is 2.45. The van der Waals surface area contributed by atoms with Gasteiger partial charge in [0.1, 0.15) is 18.1 Å². The lowest BCUT2D eigenvalue weighted by Gasteiger charge is -2.25. The molecule has 0 spiro atoms. The number of carbonyl (C=O) groups excluding carboxylic acids is 1. The van der Waals surface area contributed by atoms with Crippen LogP contribution in [-0.4, -0.2) is 46.2 Å². The van der Waals surface area contributed by atoms with Gasteiger partial charge in [-0.15, -0.1) is 0 Å². The first-order valence-corrected chi connectivity index (χ1v) is 9.66. The molecule has 6 nitrogen and oxygen atoms in total. The highest BCUT2D eigenvalue weighted by Gasteiger charge is 2.23. The fraction of sp³-hybridized carbons (Fsp3) is 0.278. The van der Waals surface area contributed by atoms with E-state index in [1.165, 1.54) is 30.2 Å². The van der Waals surface area contributed by atoms with Crippen LogP contribution in [0.2, 0.25) is 0 Å². The Kier molecular flexibility index (Phi) is 6.20. The molecule has 1 amide bonds. The standard InChI is InChI=1S/C18H21FN2O4S/c1-20(12-14-7-4-5-10-17(14)25-2)18(22)13-21(26(3,23)24)16-9-6-8-15(19)11-16/h4-11H,12-13H2,1-3H3. The van der Waals surface area contributed by atoms with Gasteiger partial charge in [0.05, 0.1) is 19.1 Å². The van der Waals surface area contributed by atoms with E-state index in [4.69, 9.17) is 4.74 Å². The summed E-state index contributed by atoms with van der Waals surface area (Å²) in [5, 5.41) is 0. The van der Waals surface area contributed by atoms with Crippen LogP contribution >= 0.6 is 0 Å². The normalized spacial score (nSPS) is 11.1. The van der Waals surface area contributed by atoms with Crippen LogP contribution in [0.1, 0.15) is 5.56 Å². The van der Waals surface area contributed by atoms with Crippen LogP contribution < -0.4 is 9.04 Å². The molecule has 0 aromatic heterocycles. The molecule has 0 radical (unpaired) electrons. The van der Waals surface area contributed by atoms with Crippen LogP contribution in [0.5, 0.6) is 5.75 Å². The van der Waals surface area contributed by atoms with Crippen LogP contribution in [0.3, 0.4) is 0 Å². The van der Waals surface area contributed by atoms with Crippen molar-refractivity contribution >= 4 is 21.6 Å². The molecule has 0 atom stereocenters. The number of hydrogen-bond acceptors (Lipinski definition) is 4. The van der Waals surface area contributed by atoms with Crippen molar-refractivity contribution in [3.63, 3.8) is 0 Å². The quantitative estimate of drug-likeness (QED) is 0.739. The second kappa shape index (κ2) is 8.18. The highest BCUT2D eigenvalue weighted by Crippen LogP contribution is 2.21. The molecule has 2 aromatic carbocycles. The van der Waals surface area contributed by atoms with Gasteiger partial charge in [0.25, 0.3) is 0 Å². The first kappa shape index (κ1) is 19.7. The molecule has 2 rings (SSSR count). The van der Waals surface area contributed by atoms with Gasteiger partial charge in [-0.2, -0.15) is 0 Å². The zero-order chi connectivity index (χ0) is 19.3. The van der Waals surface area contributed by atoms with Crippen molar-refractivity contribution in [2.24, 2.45) is 0 Å². The van der Waals surface area contributed by atoms with Gasteiger partial charge < -0.3 is 9.64 Å². The van der Waals surface area contributed by atoms with Crippen LogP contribution in [0.4, 0.5) is 10.1 Å². The SMILES string of the molecule is COc1ccccc1CN(C)C(=O)CN(c1cccc(F)c1)S(C)(=O)=O. The second-order valence-corrected chi connectivity index (χ2v) is 7.72. The van der Waals surface area contributed by atoms with E-state index in [0.717, 1.165) is 22.2 Å². The van der Waals surface area contributed by atoms with Gasteiger partial charge in [-0.05, 0) is 24.3 Å². The third kappa shape index (κ3) is 4.95. The van der Waals surface area contributed by atoms with E-state index in [2.05, 4.69) is 0 Å². The molecule has 0 fully saturated rings. The lowest BCUT2D eigenvalue weighted by atomic mass is 10.2. The average Bonchev–Trinajstić information content (AvgIpc) is 2.58. The van der Waals surface area contributed by atoms with E-state index in [9.17, 15) is 17.6 Å². The largest absolute Gasteiger partial charge is 0.496 e. The Bertz CT molecular complexity index is 886. The maximum absolute atomic E-state index is 13.5. The predicted molar refractivity (Wildman–Crippen MR) is 98.1 cm³/mol. The van der Waals surface area contributed by atoms with Crippen LogP contribution in [0.15, 0.2) is 48.5 Å². The average molecular weight is 380 g/mol. The number of sulfonamides is 1. The Morgan fingerprint density at radius 2 is 1.85 bits per heavy atom. The van der Waals surface area contributed by atoms with Gasteiger partial charge in [0.15, 0.2) is 0 Å². The summed E-state index contributed by atoms with van der Waals surface area (Å²) in [6.07, 6.45) is 0.978. The summed E-state index contributed by atoms with van der Waals surface area (Å²) < 4.78 is 43.7. The molecular weight excluding hydrogens is 359 g/mol. The molecule has 0 aliphatic rings. The second-order valence-electron chi connectivity index (χ2n) is 5.81. The van der Waals surface area contributed by atoms with Crippen molar-refractivity contribution in [1.82, 2.24) is 4.90 Å². The number of halogens is 1. The van der Waals surface area contributed by atoms with Crippen molar-refractivity contribution in [1.29, 1.82) is 0 Å². The zero-order valence-electron chi connectivity index (χ0n) is 14.8. The molecule has 140 valence electrons. The van der Waals surface area contributed by atoms with Crippen molar-refractivity contribution in [3.05, 3.63) is 59.9 Å². The van der Waals surface area contributed by atoms with E-state index in [1.54, 1.807) is 13.1 Å². The number of carbonyl (C=O) groups is 1. The number of benzene rings is 2. The number of anilines is 1. The highest BCUT2D eigenvalue weighted by atomic mass is 32.2. The van der Waals surface area contributed by atoms with Crippen LogP contribution in [0.25, 0.3) is 0 Å². The maximum atomic E-state index is 13.5. The van der Waals surface area contributed by atoms with Gasteiger partial charge in [-0.25, -0.2) is 12.8 Å². The molecular formula is C18H21FN2O4S. The van der Waals surface area contributed by atoms with E-state index in [-0.39, 0.29) is 12.2 Å². The summed E-state index contributed by atoms with van der Waals surface area (Å²) >= 11 is 0. The van der Waals surface area contributed by atoms with Gasteiger partial charge in [0, 0.05) is 19.2 Å². The fourth-order valence-corrected chi connectivity index (χ4v) is 3.29. The minimum atomic E-state index is -3.75. The number of rotatable bonds is 7. The molecule has 0 N–H and O–H groups in total. The predicted octanol–water partition coefficient (Wildman–Crippen LogP) is 2.26. The Labute approximate surface area is 152 Å². The van der Waals surface area contributed by atoms with Crippen molar-refractivity contribution in [3.8, 4) is 5.75 Å². The number of methoxy groups -OCH3 is 1. The first-order chi connectivity index (χ1) is 12.2. The van der Waals surface area contributed by atoms with E-state index in [1.807, 2.05) is 18.2 Å². The van der Waals surface area contributed by atoms with Crippen LogP contribution in [0, 0.1) is 5.82 Å². The summed E-state index contributed by atoms with van der Waals surface area (Å²) in [4.78, 5) is 13.9. The number of amides is 1. The smallest absolute Gasteiger partial charge is 0.243 e. The molecule has 0 bridgehead atoms. The number of likely N-dealkylation sites (N-methyl/N-ethyl adjacent to an activating group) is 1. The monoisotopic (exact) mass is 380 g/mol. The molecule has 0 aliphatic heterocycles. The van der Waals surface area contributed by atoms with E-state index >= 15 is 0 Å². The molecule has 26 heavy (non-hydrogen) atoms. The van der Waals surface area contributed by atoms with E-state index in [0.29, 0.717) is 5.75 Å². The zero-order valence-corrected chi connectivity index (χ0v) is 15.7. The molecule has 0 unspecified atom stereocenters. The summed E-state index contributed by atoms with van der Waals surface area (Å²) in [6, 6.07) is 12.4. The molecule has 0 heterocycles. The summed E-state index contributed by atoms with van der Waals surface area (Å²) in [5.41, 5.74) is 0.897. The number of nitrogens with zero attached hydrogens (tertiary/aromatic N) is 2. The highest BCUT2D eigenvalue weighted by molar-refractivity contribution is 7.92. The van der Waals surface area contributed by atoms with Gasteiger partial charge in [-0.1, -0.05) is 24.3 Å². The third-order valence-corrected chi connectivity index (χ3v) is 4.94. The molecule has 0 aliphatic carbocycles. The molecule has 0 saturated carbocycles. The lowest BCUT2D eigenvalue weighted by molar-refractivity contribution is -0.128. The Hall–Kier alpha value is -2.61. The summed E-state index contributed by atoms with van der Waals surface area (Å²) in [7, 11) is -0.647. The van der Waals surface area contributed by atoms with Gasteiger partial charge in [-0.3, -0.25) is 9.10 Å². The Balaban J connectivity index is 2.19. The molecule has 0 saturated heterocycles. The summed E-state index contributed by atoms with van der Waals surface area (Å²) in [5.74, 6) is -0.367. The summed E-state index contributed by atoms with van der Waals surface area (Å²) in [6.45, 7) is -0.169. The lowest BCUT2D eigenvalue weighted by Crippen LogP contribution is -2.41. The Morgan fingerprint density at radius 1 is 1.15 bits per heavy atom.